The zero-order chi connectivity index (χ0) is 11.1. The summed E-state index contributed by atoms with van der Waals surface area (Å²) in [6.45, 7) is 3.84. The van der Waals surface area contributed by atoms with Crippen LogP contribution in [0.1, 0.15) is 31.1 Å². The highest BCUT2D eigenvalue weighted by Gasteiger charge is 2.30. The molecule has 1 unspecified atom stereocenters. The van der Waals surface area contributed by atoms with Gasteiger partial charge in [0.2, 0.25) is 0 Å². The molecule has 3 nitrogen and oxygen atoms in total. The molecule has 0 amide bonds. The van der Waals surface area contributed by atoms with Crippen molar-refractivity contribution in [1.29, 1.82) is 0 Å². The molecule has 1 aromatic rings. The zero-order valence-corrected chi connectivity index (χ0v) is 9.03. The first-order valence-electron chi connectivity index (χ1n) is 5.15. The van der Waals surface area contributed by atoms with Crippen LogP contribution >= 0.6 is 0 Å². The molecule has 1 aromatic carbocycles. The molecule has 0 saturated carbocycles. The van der Waals surface area contributed by atoms with Crippen LogP contribution in [0.15, 0.2) is 18.2 Å². The van der Waals surface area contributed by atoms with Crippen molar-refractivity contribution in [2.75, 3.05) is 6.61 Å². The maximum absolute atomic E-state index is 9.99. The molecule has 0 spiro atoms. The molecule has 0 aromatic heterocycles. The molecule has 0 saturated heterocycles. The van der Waals surface area contributed by atoms with E-state index in [0.29, 0.717) is 12.2 Å². The Kier molecular flexibility index (Phi) is 2.44. The third-order valence-corrected chi connectivity index (χ3v) is 2.71. The second-order valence-electron chi connectivity index (χ2n) is 4.49. The van der Waals surface area contributed by atoms with Crippen LogP contribution in [0.5, 0.6) is 5.75 Å². The van der Waals surface area contributed by atoms with Gasteiger partial charge in [-0.2, -0.15) is 0 Å². The number of fused-ring (bicyclic) bond motifs is 1. The van der Waals surface area contributed by atoms with Crippen molar-refractivity contribution in [3.05, 3.63) is 29.3 Å². The van der Waals surface area contributed by atoms with Crippen LogP contribution in [0.2, 0.25) is 0 Å². The lowest BCUT2D eigenvalue weighted by atomic mass is 9.93. The van der Waals surface area contributed by atoms with Gasteiger partial charge in [0.1, 0.15) is 11.9 Å². The van der Waals surface area contributed by atoms with Crippen LogP contribution in [-0.4, -0.2) is 22.4 Å². The smallest absolute Gasteiger partial charge is 0.128 e. The number of aliphatic hydroxyl groups excluding tert-OH is 1. The normalized spacial score (nSPS) is 17.1. The number of rotatable bonds is 2. The van der Waals surface area contributed by atoms with E-state index in [1.165, 1.54) is 0 Å². The number of hydrogen-bond donors (Lipinski definition) is 2. The van der Waals surface area contributed by atoms with Gasteiger partial charge in [0.25, 0.3) is 0 Å². The number of ether oxygens (including phenoxy) is 1. The third kappa shape index (κ3) is 1.85. The van der Waals surface area contributed by atoms with Gasteiger partial charge in [0.15, 0.2) is 0 Å². The molecule has 0 radical (unpaired) electrons. The standard InChI is InChI=1S/C12H16O3/c1-12(2,14)11(13)9-5-3-4-8-6-7-15-10(8)9/h3-5,11,13-14H,6-7H2,1-2H3. The van der Waals surface area contributed by atoms with E-state index in [1.54, 1.807) is 19.9 Å². The van der Waals surface area contributed by atoms with Crippen molar-refractivity contribution in [1.82, 2.24) is 0 Å². The monoisotopic (exact) mass is 208 g/mol. The Morgan fingerprint density at radius 2 is 2.13 bits per heavy atom. The first-order chi connectivity index (χ1) is 7.00. The Morgan fingerprint density at radius 1 is 1.40 bits per heavy atom. The number of benzene rings is 1. The van der Waals surface area contributed by atoms with Crippen LogP contribution < -0.4 is 4.74 Å². The summed E-state index contributed by atoms with van der Waals surface area (Å²) >= 11 is 0. The highest BCUT2D eigenvalue weighted by molar-refractivity contribution is 5.45. The van der Waals surface area contributed by atoms with Gasteiger partial charge in [-0.3, -0.25) is 0 Å². The van der Waals surface area contributed by atoms with Gasteiger partial charge in [-0.25, -0.2) is 0 Å². The fourth-order valence-electron chi connectivity index (χ4n) is 1.84. The van der Waals surface area contributed by atoms with Crippen molar-refractivity contribution >= 4 is 0 Å². The fraction of sp³-hybridized carbons (Fsp3) is 0.500. The third-order valence-electron chi connectivity index (χ3n) is 2.71. The Hall–Kier alpha value is -1.06. The molecule has 1 aliphatic rings. The van der Waals surface area contributed by atoms with Crippen molar-refractivity contribution in [2.24, 2.45) is 0 Å². The average molecular weight is 208 g/mol. The number of aliphatic hydroxyl groups is 2. The topological polar surface area (TPSA) is 49.7 Å². The molecule has 1 aliphatic heterocycles. The van der Waals surface area contributed by atoms with E-state index in [1.807, 2.05) is 12.1 Å². The van der Waals surface area contributed by atoms with Gasteiger partial charge < -0.3 is 14.9 Å². The van der Waals surface area contributed by atoms with E-state index in [2.05, 4.69) is 0 Å². The maximum atomic E-state index is 9.99. The van der Waals surface area contributed by atoms with Gasteiger partial charge in [0, 0.05) is 12.0 Å². The van der Waals surface area contributed by atoms with Gasteiger partial charge in [0.05, 0.1) is 12.2 Å². The first kappa shape index (κ1) is 10.5. The molecule has 2 N–H and O–H groups in total. The van der Waals surface area contributed by atoms with Crippen LogP contribution in [0.4, 0.5) is 0 Å². The van der Waals surface area contributed by atoms with E-state index >= 15 is 0 Å². The number of hydrogen-bond acceptors (Lipinski definition) is 3. The molecule has 3 heteroatoms. The van der Waals surface area contributed by atoms with Gasteiger partial charge in [-0.05, 0) is 19.4 Å². The summed E-state index contributed by atoms with van der Waals surface area (Å²) in [4.78, 5) is 0. The van der Waals surface area contributed by atoms with E-state index < -0.39 is 11.7 Å². The molecule has 0 bridgehead atoms. The molecule has 2 rings (SSSR count). The predicted octanol–water partition coefficient (Wildman–Crippen LogP) is 1.43. The molecular weight excluding hydrogens is 192 g/mol. The van der Waals surface area contributed by atoms with Crippen LogP contribution in [0.3, 0.4) is 0 Å². The lowest BCUT2D eigenvalue weighted by molar-refractivity contribution is -0.0506. The minimum Gasteiger partial charge on any atom is -0.493 e. The highest BCUT2D eigenvalue weighted by Crippen LogP contribution is 2.37. The molecule has 0 aliphatic carbocycles. The summed E-state index contributed by atoms with van der Waals surface area (Å²) < 4.78 is 5.47. The summed E-state index contributed by atoms with van der Waals surface area (Å²) in [7, 11) is 0. The van der Waals surface area contributed by atoms with Crippen LogP contribution in [-0.2, 0) is 6.42 Å². The summed E-state index contributed by atoms with van der Waals surface area (Å²) in [5.41, 5.74) is 0.634. The second kappa shape index (κ2) is 3.51. The largest absolute Gasteiger partial charge is 0.493 e. The summed E-state index contributed by atoms with van der Waals surface area (Å²) in [6, 6.07) is 5.67. The summed E-state index contributed by atoms with van der Waals surface area (Å²) in [6.07, 6.45) is -0.0348. The van der Waals surface area contributed by atoms with Crippen molar-refractivity contribution in [3.63, 3.8) is 0 Å². The molecule has 82 valence electrons. The quantitative estimate of drug-likeness (QED) is 0.773. The lowest BCUT2D eigenvalue weighted by Crippen LogP contribution is -2.28. The lowest BCUT2D eigenvalue weighted by Gasteiger charge is -2.26. The van der Waals surface area contributed by atoms with Crippen molar-refractivity contribution in [3.8, 4) is 5.75 Å². The van der Waals surface area contributed by atoms with E-state index in [-0.39, 0.29) is 0 Å². The minimum absolute atomic E-state index is 0.658. The van der Waals surface area contributed by atoms with E-state index in [9.17, 15) is 10.2 Å². The first-order valence-corrected chi connectivity index (χ1v) is 5.15. The van der Waals surface area contributed by atoms with Crippen molar-refractivity contribution < 1.29 is 14.9 Å². The van der Waals surface area contributed by atoms with Gasteiger partial charge >= 0.3 is 0 Å². The van der Waals surface area contributed by atoms with Gasteiger partial charge in [-0.15, -0.1) is 0 Å². The minimum atomic E-state index is -1.15. The molecular formula is C12H16O3. The van der Waals surface area contributed by atoms with Gasteiger partial charge in [-0.1, -0.05) is 18.2 Å². The predicted molar refractivity (Wildman–Crippen MR) is 56.9 cm³/mol. The Bertz CT molecular complexity index is 366. The molecule has 15 heavy (non-hydrogen) atoms. The highest BCUT2D eigenvalue weighted by atomic mass is 16.5. The Morgan fingerprint density at radius 3 is 2.80 bits per heavy atom. The number of para-hydroxylation sites is 1. The SMILES string of the molecule is CC(C)(O)C(O)c1cccc2c1OCC2. The summed E-state index contributed by atoms with van der Waals surface area (Å²) in [5.74, 6) is 0.743. The van der Waals surface area contributed by atoms with Crippen LogP contribution in [0.25, 0.3) is 0 Å². The van der Waals surface area contributed by atoms with E-state index in [4.69, 9.17) is 4.74 Å². The fourth-order valence-corrected chi connectivity index (χ4v) is 1.84. The zero-order valence-electron chi connectivity index (χ0n) is 9.03. The summed E-state index contributed by atoms with van der Waals surface area (Å²) in [5, 5.41) is 19.8. The Balaban J connectivity index is 2.41. The van der Waals surface area contributed by atoms with Crippen LogP contribution in [0, 0.1) is 0 Å². The molecule has 0 fully saturated rings. The Labute approximate surface area is 89.3 Å². The van der Waals surface area contributed by atoms with E-state index in [0.717, 1.165) is 17.7 Å². The second-order valence-corrected chi connectivity index (χ2v) is 4.49. The average Bonchev–Trinajstić information content (AvgIpc) is 2.62. The molecule has 1 atom stereocenters. The molecule has 1 heterocycles. The maximum Gasteiger partial charge on any atom is 0.128 e. The van der Waals surface area contributed by atoms with Crippen molar-refractivity contribution in [2.45, 2.75) is 32.0 Å².